The molecule has 0 spiro atoms. The molecule has 1 heterocycles. The average molecular weight is 433 g/mol. The zero-order valence-corrected chi connectivity index (χ0v) is 18.1. The number of sulfone groups is 1. The van der Waals surface area contributed by atoms with Crippen molar-refractivity contribution in [3.63, 3.8) is 0 Å². The molecule has 1 amide bonds. The highest BCUT2D eigenvalue weighted by Crippen LogP contribution is 2.29. The molecule has 1 N–H and O–H groups in total. The van der Waals surface area contributed by atoms with Crippen LogP contribution in [0.5, 0.6) is 0 Å². The summed E-state index contributed by atoms with van der Waals surface area (Å²) in [5.41, 5.74) is 1.27. The molecule has 5 nitrogen and oxygen atoms in total. The maximum atomic E-state index is 13.1. The minimum absolute atomic E-state index is 0.0697. The van der Waals surface area contributed by atoms with E-state index in [0.29, 0.717) is 34.0 Å². The van der Waals surface area contributed by atoms with Crippen molar-refractivity contribution in [3.05, 3.63) is 65.3 Å². The predicted octanol–water partition coefficient (Wildman–Crippen LogP) is 4.43. The SMILES string of the molecule is CC(C)CCNC(=O)Cn1cc(S(=O)(=O)Cc2ccccc2Cl)c2ccccc21. The van der Waals surface area contributed by atoms with E-state index in [9.17, 15) is 13.2 Å². The van der Waals surface area contributed by atoms with Gasteiger partial charge in [-0.1, -0.05) is 61.8 Å². The van der Waals surface area contributed by atoms with E-state index >= 15 is 0 Å². The number of hydrogen-bond donors (Lipinski definition) is 1. The van der Waals surface area contributed by atoms with Crippen molar-refractivity contribution in [3.8, 4) is 0 Å². The third-order valence-electron chi connectivity index (χ3n) is 4.75. The summed E-state index contributed by atoms with van der Waals surface area (Å²) in [6.45, 7) is 4.87. The van der Waals surface area contributed by atoms with Crippen LogP contribution < -0.4 is 5.32 Å². The van der Waals surface area contributed by atoms with Gasteiger partial charge in [-0.25, -0.2) is 8.42 Å². The molecule has 0 saturated heterocycles. The third kappa shape index (κ3) is 5.19. The first-order valence-corrected chi connectivity index (χ1v) is 11.6. The number of hydrogen-bond acceptors (Lipinski definition) is 3. The van der Waals surface area contributed by atoms with Gasteiger partial charge in [0.2, 0.25) is 5.91 Å². The zero-order valence-electron chi connectivity index (χ0n) is 16.6. The van der Waals surface area contributed by atoms with Crippen LogP contribution in [0.25, 0.3) is 10.9 Å². The van der Waals surface area contributed by atoms with Crippen molar-refractivity contribution in [2.24, 2.45) is 5.92 Å². The van der Waals surface area contributed by atoms with Crippen LogP contribution in [0.3, 0.4) is 0 Å². The standard InChI is InChI=1S/C22H25ClN2O3S/c1-16(2)11-12-24-22(26)14-25-13-21(18-8-4-6-10-20(18)25)29(27,28)15-17-7-3-5-9-19(17)23/h3-10,13,16H,11-12,14-15H2,1-2H3,(H,24,26). The molecule has 0 aliphatic rings. The zero-order chi connectivity index (χ0) is 21.0. The Bertz CT molecular complexity index is 1120. The van der Waals surface area contributed by atoms with Crippen LogP contribution in [-0.4, -0.2) is 25.4 Å². The molecule has 0 radical (unpaired) electrons. The molecule has 0 atom stereocenters. The first-order valence-electron chi connectivity index (χ1n) is 9.58. The average Bonchev–Trinajstić information content (AvgIpc) is 3.03. The maximum absolute atomic E-state index is 13.1. The van der Waals surface area contributed by atoms with Gasteiger partial charge in [-0.2, -0.15) is 0 Å². The van der Waals surface area contributed by atoms with Crippen LogP contribution in [0.2, 0.25) is 5.02 Å². The number of fused-ring (bicyclic) bond motifs is 1. The lowest BCUT2D eigenvalue weighted by Gasteiger charge is -2.08. The summed E-state index contributed by atoms with van der Waals surface area (Å²) in [7, 11) is -3.64. The van der Waals surface area contributed by atoms with E-state index in [0.717, 1.165) is 6.42 Å². The van der Waals surface area contributed by atoms with E-state index < -0.39 is 9.84 Å². The first-order chi connectivity index (χ1) is 13.8. The first kappa shape index (κ1) is 21.4. The van der Waals surface area contributed by atoms with Gasteiger partial charge in [0.15, 0.2) is 9.84 Å². The predicted molar refractivity (Wildman–Crippen MR) is 117 cm³/mol. The number of carbonyl (C=O) groups excluding carboxylic acids is 1. The van der Waals surface area contributed by atoms with Crippen LogP contribution in [0.15, 0.2) is 59.6 Å². The van der Waals surface area contributed by atoms with Crippen molar-refractivity contribution in [2.45, 2.75) is 37.5 Å². The lowest BCUT2D eigenvalue weighted by molar-refractivity contribution is -0.121. The molecular weight excluding hydrogens is 408 g/mol. The minimum atomic E-state index is -3.64. The summed E-state index contributed by atoms with van der Waals surface area (Å²) in [4.78, 5) is 12.5. The monoisotopic (exact) mass is 432 g/mol. The lowest BCUT2D eigenvalue weighted by Crippen LogP contribution is -2.28. The van der Waals surface area contributed by atoms with Crippen molar-refractivity contribution in [2.75, 3.05) is 6.54 Å². The summed E-state index contributed by atoms with van der Waals surface area (Å²) in [5, 5.41) is 3.92. The van der Waals surface area contributed by atoms with E-state index in [1.807, 2.05) is 12.1 Å². The Hall–Kier alpha value is -2.31. The minimum Gasteiger partial charge on any atom is -0.355 e. The van der Waals surface area contributed by atoms with Crippen molar-refractivity contribution < 1.29 is 13.2 Å². The Kier molecular flexibility index (Phi) is 6.65. The molecule has 0 saturated carbocycles. The molecular formula is C22H25ClN2O3S. The fourth-order valence-electron chi connectivity index (χ4n) is 3.20. The number of nitrogens with one attached hydrogen (secondary N) is 1. The second kappa shape index (κ2) is 9.01. The maximum Gasteiger partial charge on any atom is 0.239 e. The number of para-hydroxylation sites is 1. The Morgan fingerprint density at radius 3 is 2.52 bits per heavy atom. The van der Waals surface area contributed by atoms with Crippen LogP contribution in [0.4, 0.5) is 0 Å². The topological polar surface area (TPSA) is 68.2 Å². The van der Waals surface area contributed by atoms with Gasteiger partial charge in [0.25, 0.3) is 0 Å². The molecule has 3 aromatic rings. The van der Waals surface area contributed by atoms with Crippen molar-refractivity contribution in [1.29, 1.82) is 0 Å². The van der Waals surface area contributed by atoms with Gasteiger partial charge >= 0.3 is 0 Å². The van der Waals surface area contributed by atoms with Crippen LogP contribution in [0.1, 0.15) is 25.8 Å². The number of rotatable bonds is 8. The molecule has 29 heavy (non-hydrogen) atoms. The Morgan fingerprint density at radius 1 is 1.10 bits per heavy atom. The van der Waals surface area contributed by atoms with Crippen molar-refractivity contribution >= 4 is 38.2 Å². The summed E-state index contributed by atoms with van der Waals surface area (Å²) in [6, 6.07) is 14.1. The highest BCUT2D eigenvalue weighted by molar-refractivity contribution is 7.90. The van der Waals surface area contributed by atoms with Gasteiger partial charge in [-0.05, 0) is 30.0 Å². The van der Waals surface area contributed by atoms with Gasteiger partial charge in [0.05, 0.1) is 10.6 Å². The van der Waals surface area contributed by atoms with Gasteiger partial charge in [-0.15, -0.1) is 0 Å². The van der Waals surface area contributed by atoms with Gasteiger partial charge < -0.3 is 9.88 Å². The molecule has 0 aliphatic heterocycles. The third-order valence-corrected chi connectivity index (χ3v) is 6.80. The second-order valence-corrected chi connectivity index (χ2v) is 9.89. The van der Waals surface area contributed by atoms with E-state index in [4.69, 9.17) is 11.6 Å². The largest absolute Gasteiger partial charge is 0.355 e. The molecule has 0 fully saturated rings. The number of nitrogens with zero attached hydrogens (tertiary/aromatic N) is 1. The fourth-order valence-corrected chi connectivity index (χ4v) is 5.09. The Labute approximate surface area is 176 Å². The Morgan fingerprint density at radius 2 is 1.79 bits per heavy atom. The molecule has 0 unspecified atom stereocenters. The highest BCUT2D eigenvalue weighted by Gasteiger charge is 2.23. The number of benzene rings is 2. The number of aromatic nitrogens is 1. The summed E-state index contributed by atoms with van der Waals surface area (Å²) >= 11 is 6.16. The van der Waals surface area contributed by atoms with E-state index in [1.54, 1.807) is 47.2 Å². The van der Waals surface area contributed by atoms with Crippen LogP contribution >= 0.6 is 11.6 Å². The molecule has 0 aliphatic carbocycles. The van der Waals surface area contributed by atoms with Crippen molar-refractivity contribution in [1.82, 2.24) is 9.88 Å². The smallest absolute Gasteiger partial charge is 0.239 e. The highest BCUT2D eigenvalue weighted by atomic mass is 35.5. The molecule has 7 heteroatoms. The number of carbonyl (C=O) groups is 1. The molecule has 3 rings (SSSR count). The van der Waals surface area contributed by atoms with E-state index in [2.05, 4.69) is 19.2 Å². The Balaban J connectivity index is 1.89. The van der Waals surface area contributed by atoms with Crippen LogP contribution in [-0.2, 0) is 26.9 Å². The van der Waals surface area contributed by atoms with Gasteiger partial charge in [0, 0.05) is 28.7 Å². The quantitative estimate of drug-likeness (QED) is 0.572. The second-order valence-electron chi connectivity index (χ2n) is 7.52. The molecule has 0 bridgehead atoms. The number of amides is 1. The molecule has 154 valence electrons. The van der Waals surface area contributed by atoms with Gasteiger partial charge in [0.1, 0.15) is 6.54 Å². The lowest BCUT2D eigenvalue weighted by atomic mass is 10.1. The summed E-state index contributed by atoms with van der Waals surface area (Å²) in [5.74, 6) is 0.173. The molecule has 2 aromatic carbocycles. The fraction of sp³-hybridized carbons (Fsp3) is 0.318. The van der Waals surface area contributed by atoms with E-state index in [1.165, 1.54) is 0 Å². The molecule has 1 aromatic heterocycles. The van der Waals surface area contributed by atoms with Crippen LogP contribution in [0, 0.1) is 5.92 Å². The van der Waals surface area contributed by atoms with Gasteiger partial charge in [-0.3, -0.25) is 4.79 Å². The summed E-state index contributed by atoms with van der Waals surface area (Å²) < 4.78 is 28.0. The normalized spacial score (nSPS) is 11.9. The number of halogens is 1. The van der Waals surface area contributed by atoms with E-state index in [-0.39, 0.29) is 23.1 Å². The summed E-state index contributed by atoms with van der Waals surface area (Å²) in [6.07, 6.45) is 2.45.